The van der Waals surface area contributed by atoms with Gasteiger partial charge in [-0.1, -0.05) is 12.1 Å². The van der Waals surface area contributed by atoms with Crippen molar-refractivity contribution in [3.05, 3.63) is 41.5 Å². The molecule has 1 atom stereocenters. The van der Waals surface area contributed by atoms with E-state index in [0.29, 0.717) is 11.6 Å². The standard InChI is InChI=1S/C20H26N2O3/c1-25-20(24)17-9-6-16(7-10-17)8-11-19(23)22-14-4-5-18(15-22)21-12-2-3-13-21/h6-11,18H,2-5,12-15H2,1H3. The van der Waals surface area contributed by atoms with Gasteiger partial charge >= 0.3 is 5.97 Å². The predicted octanol–water partition coefficient (Wildman–Crippen LogP) is 2.57. The SMILES string of the molecule is COC(=O)c1ccc(C=CC(=O)N2CCCC(N3CCCC3)C2)cc1. The minimum absolute atomic E-state index is 0.0703. The lowest BCUT2D eigenvalue weighted by Gasteiger charge is -2.37. The molecule has 5 nitrogen and oxygen atoms in total. The van der Waals surface area contributed by atoms with Crippen LogP contribution >= 0.6 is 0 Å². The molecule has 1 unspecified atom stereocenters. The smallest absolute Gasteiger partial charge is 0.337 e. The third-order valence-corrected chi connectivity index (χ3v) is 5.12. The number of hydrogen-bond donors (Lipinski definition) is 0. The van der Waals surface area contributed by atoms with Crippen molar-refractivity contribution in [1.82, 2.24) is 9.80 Å². The van der Waals surface area contributed by atoms with Crippen LogP contribution in [0.5, 0.6) is 0 Å². The molecule has 1 aromatic carbocycles. The number of ether oxygens (including phenoxy) is 1. The van der Waals surface area contributed by atoms with Gasteiger partial charge in [0.05, 0.1) is 12.7 Å². The van der Waals surface area contributed by atoms with Crippen molar-refractivity contribution >= 4 is 18.0 Å². The first kappa shape index (κ1) is 17.7. The Balaban J connectivity index is 1.57. The summed E-state index contributed by atoms with van der Waals surface area (Å²) in [5, 5.41) is 0. The van der Waals surface area contributed by atoms with Crippen LogP contribution in [0.1, 0.15) is 41.6 Å². The molecule has 0 bridgehead atoms. The molecule has 0 aromatic heterocycles. The van der Waals surface area contributed by atoms with E-state index in [4.69, 9.17) is 0 Å². The Kier molecular flexibility index (Phi) is 5.87. The fourth-order valence-electron chi connectivity index (χ4n) is 3.68. The summed E-state index contributed by atoms with van der Waals surface area (Å²) >= 11 is 0. The maximum atomic E-state index is 12.5. The number of carbonyl (C=O) groups is 2. The van der Waals surface area contributed by atoms with Crippen LogP contribution in [-0.2, 0) is 9.53 Å². The summed E-state index contributed by atoms with van der Waals surface area (Å²) in [6, 6.07) is 7.58. The quantitative estimate of drug-likeness (QED) is 0.623. The van der Waals surface area contributed by atoms with Crippen LogP contribution in [0.3, 0.4) is 0 Å². The van der Waals surface area contributed by atoms with E-state index in [1.54, 1.807) is 18.2 Å². The average Bonchev–Trinajstić information content (AvgIpc) is 3.21. The third-order valence-electron chi connectivity index (χ3n) is 5.12. The summed E-state index contributed by atoms with van der Waals surface area (Å²) in [6.07, 6.45) is 8.29. The number of rotatable bonds is 4. The number of methoxy groups -OCH3 is 1. The lowest BCUT2D eigenvalue weighted by atomic mass is 10.0. The van der Waals surface area contributed by atoms with Crippen LogP contribution in [0.4, 0.5) is 0 Å². The number of likely N-dealkylation sites (tertiary alicyclic amines) is 2. The number of benzene rings is 1. The van der Waals surface area contributed by atoms with Gasteiger partial charge in [0.1, 0.15) is 0 Å². The Labute approximate surface area is 149 Å². The van der Waals surface area contributed by atoms with Gasteiger partial charge in [0.25, 0.3) is 0 Å². The minimum atomic E-state index is -0.354. The van der Waals surface area contributed by atoms with E-state index in [9.17, 15) is 9.59 Å². The van der Waals surface area contributed by atoms with E-state index in [1.807, 2.05) is 23.1 Å². The van der Waals surface area contributed by atoms with Crippen LogP contribution in [0.25, 0.3) is 6.08 Å². The van der Waals surface area contributed by atoms with Crippen molar-refractivity contribution in [3.8, 4) is 0 Å². The number of amides is 1. The number of esters is 1. The van der Waals surface area contributed by atoms with Gasteiger partial charge in [-0.15, -0.1) is 0 Å². The minimum Gasteiger partial charge on any atom is -0.465 e. The van der Waals surface area contributed by atoms with E-state index in [0.717, 1.165) is 25.1 Å². The highest BCUT2D eigenvalue weighted by atomic mass is 16.5. The van der Waals surface area contributed by atoms with E-state index < -0.39 is 0 Å². The van der Waals surface area contributed by atoms with Crippen molar-refractivity contribution in [2.75, 3.05) is 33.3 Å². The van der Waals surface area contributed by atoms with Gasteiger partial charge in [0, 0.05) is 25.2 Å². The predicted molar refractivity (Wildman–Crippen MR) is 97.2 cm³/mol. The highest BCUT2D eigenvalue weighted by Crippen LogP contribution is 2.20. The van der Waals surface area contributed by atoms with Gasteiger partial charge in [-0.3, -0.25) is 9.69 Å². The van der Waals surface area contributed by atoms with Gasteiger partial charge < -0.3 is 9.64 Å². The van der Waals surface area contributed by atoms with Gasteiger partial charge in [-0.25, -0.2) is 4.79 Å². The fourth-order valence-corrected chi connectivity index (χ4v) is 3.68. The van der Waals surface area contributed by atoms with Crippen LogP contribution in [0.15, 0.2) is 30.3 Å². The summed E-state index contributed by atoms with van der Waals surface area (Å²) in [5.41, 5.74) is 1.41. The molecule has 25 heavy (non-hydrogen) atoms. The lowest BCUT2D eigenvalue weighted by Crippen LogP contribution is -2.48. The van der Waals surface area contributed by atoms with E-state index in [-0.39, 0.29) is 11.9 Å². The number of hydrogen-bond acceptors (Lipinski definition) is 4. The zero-order chi connectivity index (χ0) is 17.6. The van der Waals surface area contributed by atoms with Gasteiger partial charge in [0.2, 0.25) is 5.91 Å². The molecule has 5 heteroatoms. The maximum Gasteiger partial charge on any atom is 0.337 e. The molecule has 3 rings (SSSR count). The molecule has 1 aromatic rings. The highest BCUT2D eigenvalue weighted by molar-refractivity contribution is 5.92. The van der Waals surface area contributed by atoms with Gasteiger partial charge in [-0.05, 0) is 62.5 Å². The van der Waals surface area contributed by atoms with Crippen molar-refractivity contribution < 1.29 is 14.3 Å². The summed E-state index contributed by atoms with van der Waals surface area (Å²) in [6.45, 7) is 4.03. The van der Waals surface area contributed by atoms with Crippen LogP contribution < -0.4 is 0 Å². The van der Waals surface area contributed by atoms with Crippen LogP contribution in [0.2, 0.25) is 0 Å². The third kappa shape index (κ3) is 4.48. The zero-order valence-corrected chi connectivity index (χ0v) is 14.8. The molecule has 2 saturated heterocycles. The van der Waals surface area contributed by atoms with Crippen molar-refractivity contribution in [1.29, 1.82) is 0 Å². The molecule has 0 radical (unpaired) electrons. The summed E-state index contributed by atoms with van der Waals surface area (Å²) in [4.78, 5) is 28.4. The van der Waals surface area contributed by atoms with Gasteiger partial charge in [-0.2, -0.15) is 0 Å². The monoisotopic (exact) mass is 342 g/mol. The zero-order valence-electron chi connectivity index (χ0n) is 14.8. The second-order valence-corrected chi connectivity index (χ2v) is 6.77. The first-order valence-electron chi connectivity index (χ1n) is 9.07. The summed E-state index contributed by atoms with van der Waals surface area (Å²) in [5.74, 6) is -0.284. The van der Waals surface area contributed by atoms with Crippen LogP contribution in [-0.4, -0.2) is 61.0 Å². The molecule has 0 spiro atoms. The fraction of sp³-hybridized carbons (Fsp3) is 0.500. The molecular weight excluding hydrogens is 316 g/mol. The normalized spacial score (nSPS) is 21.6. The Hall–Kier alpha value is -2.14. The van der Waals surface area contributed by atoms with Crippen molar-refractivity contribution in [2.45, 2.75) is 31.7 Å². The maximum absolute atomic E-state index is 12.5. The molecule has 0 N–H and O–H groups in total. The molecule has 2 aliphatic rings. The largest absolute Gasteiger partial charge is 0.465 e. The van der Waals surface area contributed by atoms with Crippen molar-refractivity contribution in [3.63, 3.8) is 0 Å². The summed E-state index contributed by atoms with van der Waals surface area (Å²) < 4.78 is 4.68. The first-order chi connectivity index (χ1) is 12.2. The average molecular weight is 342 g/mol. The lowest BCUT2D eigenvalue weighted by molar-refractivity contribution is -0.128. The Bertz CT molecular complexity index is 633. The molecule has 1 amide bonds. The van der Waals surface area contributed by atoms with E-state index in [1.165, 1.54) is 39.5 Å². The molecule has 2 heterocycles. The number of piperidine rings is 1. The van der Waals surface area contributed by atoms with Gasteiger partial charge in [0.15, 0.2) is 0 Å². The topological polar surface area (TPSA) is 49.9 Å². The first-order valence-corrected chi connectivity index (χ1v) is 9.07. The molecule has 0 aliphatic carbocycles. The molecule has 134 valence electrons. The molecule has 0 saturated carbocycles. The molecular formula is C20H26N2O3. The highest BCUT2D eigenvalue weighted by Gasteiger charge is 2.28. The molecule has 2 aliphatic heterocycles. The Morgan fingerprint density at radius 2 is 1.80 bits per heavy atom. The number of nitrogens with zero attached hydrogens (tertiary/aromatic N) is 2. The molecule has 2 fully saturated rings. The second-order valence-electron chi connectivity index (χ2n) is 6.77. The van der Waals surface area contributed by atoms with Crippen molar-refractivity contribution in [2.24, 2.45) is 0 Å². The number of carbonyl (C=O) groups excluding carboxylic acids is 2. The Morgan fingerprint density at radius 1 is 1.08 bits per heavy atom. The van der Waals surface area contributed by atoms with E-state index in [2.05, 4.69) is 9.64 Å². The Morgan fingerprint density at radius 3 is 2.48 bits per heavy atom. The second kappa shape index (κ2) is 8.30. The van der Waals surface area contributed by atoms with E-state index >= 15 is 0 Å². The van der Waals surface area contributed by atoms with Crippen LogP contribution in [0, 0.1) is 0 Å². The summed E-state index contributed by atoms with van der Waals surface area (Å²) in [7, 11) is 1.36.